The highest BCUT2D eigenvalue weighted by atomic mass is 15.3. The number of aromatic nitrogens is 1. The van der Waals surface area contributed by atoms with E-state index in [0.29, 0.717) is 18.0 Å². The molecule has 0 amide bonds. The van der Waals surface area contributed by atoms with Crippen LogP contribution in [0.15, 0.2) is 12.3 Å². The Kier molecular flexibility index (Phi) is 5.63. The van der Waals surface area contributed by atoms with Gasteiger partial charge in [0.05, 0.1) is 0 Å². The molecule has 0 aromatic carbocycles. The molecule has 21 heavy (non-hydrogen) atoms. The first-order chi connectivity index (χ1) is 10.0. The summed E-state index contributed by atoms with van der Waals surface area (Å²) in [6, 6.07) is 3.58. The maximum atomic E-state index is 4.79. The van der Waals surface area contributed by atoms with E-state index >= 15 is 0 Å². The van der Waals surface area contributed by atoms with Crippen LogP contribution in [0.2, 0.25) is 0 Å². The molecular formula is C18H31N3. The monoisotopic (exact) mass is 289 g/mol. The Hall–Kier alpha value is -1.09. The fourth-order valence-corrected chi connectivity index (χ4v) is 3.35. The molecule has 1 fully saturated rings. The lowest BCUT2D eigenvalue weighted by Gasteiger charge is -2.30. The van der Waals surface area contributed by atoms with Gasteiger partial charge < -0.3 is 10.2 Å². The first-order valence-corrected chi connectivity index (χ1v) is 8.47. The Labute approximate surface area is 130 Å². The van der Waals surface area contributed by atoms with E-state index in [1.54, 1.807) is 0 Å². The van der Waals surface area contributed by atoms with E-state index in [0.717, 1.165) is 13.1 Å². The van der Waals surface area contributed by atoms with Crippen molar-refractivity contribution in [2.75, 3.05) is 11.4 Å². The van der Waals surface area contributed by atoms with Crippen LogP contribution in [-0.2, 0) is 6.54 Å². The van der Waals surface area contributed by atoms with Crippen LogP contribution in [0.1, 0.15) is 58.1 Å². The first-order valence-electron chi connectivity index (χ1n) is 8.47. The lowest BCUT2D eigenvalue weighted by atomic mass is 10.1. The predicted octanol–water partition coefficient (Wildman–Crippen LogP) is 3.90. The van der Waals surface area contributed by atoms with Crippen molar-refractivity contribution in [1.29, 1.82) is 0 Å². The van der Waals surface area contributed by atoms with Gasteiger partial charge >= 0.3 is 0 Å². The number of pyridine rings is 1. The average molecular weight is 289 g/mol. The SMILES string of the molecule is CCC1CCC(C)N1c1ncc(CNCC(C)C)cc1C. The zero-order valence-corrected chi connectivity index (χ0v) is 14.3. The molecule has 3 heteroatoms. The Morgan fingerprint density at radius 3 is 2.76 bits per heavy atom. The van der Waals surface area contributed by atoms with Crippen molar-refractivity contribution in [3.05, 3.63) is 23.4 Å². The third-order valence-electron chi connectivity index (χ3n) is 4.49. The van der Waals surface area contributed by atoms with Gasteiger partial charge in [-0.05, 0) is 62.8 Å². The molecule has 2 rings (SSSR count). The molecule has 2 atom stereocenters. The van der Waals surface area contributed by atoms with E-state index in [1.807, 2.05) is 6.20 Å². The normalized spacial score (nSPS) is 22.3. The van der Waals surface area contributed by atoms with E-state index in [-0.39, 0.29) is 0 Å². The predicted molar refractivity (Wildman–Crippen MR) is 90.8 cm³/mol. The van der Waals surface area contributed by atoms with Crippen molar-refractivity contribution in [3.63, 3.8) is 0 Å². The molecule has 1 saturated heterocycles. The maximum Gasteiger partial charge on any atom is 0.131 e. The Morgan fingerprint density at radius 1 is 1.38 bits per heavy atom. The van der Waals surface area contributed by atoms with Gasteiger partial charge in [-0.2, -0.15) is 0 Å². The molecule has 1 aliphatic rings. The van der Waals surface area contributed by atoms with E-state index in [9.17, 15) is 0 Å². The van der Waals surface area contributed by atoms with Crippen LogP contribution in [0.3, 0.4) is 0 Å². The van der Waals surface area contributed by atoms with Crippen LogP contribution in [-0.4, -0.2) is 23.6 Å². The topological polar surface area (TPSA) is 28.2 Å². The van der Waals surface area contributed by atoms with Crippen LogP contribution in [0, 0.1) is 12.8 Å². The number of hydrogen-bond donors (Lipinski definition) is 1. The van der Waals surface area contributed by atoms with E-state index in [4.69, 9.17) is 4.98 Å². The third-order valence-corrected chi connectivity index (χ3v) is 4.49. The summed E-state index contributed by atoms with van der Waals surface area (Å²) in [7, 11) is 0. The smallest absolute Gasteiger partial charge is 0.131 e. The molecule has 1 N–H and O–H groups in total. The van der Waals surface area contributed by atoms with Crippen molar-refractivity contribution in [2.24, 2.45) is 5.92 Å². The summed E-state index contributed by atoms with van der Waals surface area (Å²) < 4.78 is 0. The third kappa shape index (κ3) is 3.97. The standard InChI is InChI=1S/C18H31N3/c1-6-17-8-7-15(5)21(17)18-14(4)9-16(12-20-18)11-19-10-13(2)3/h9,12-13,15,17,19H,6-8,10-11H2,1-5H3. The first kappa shape index (κ1) is 16.3. The number of anilines is 1. The van der Waals surface area contributed by atoms with Gasteiger partial charge in [-0.15, -0.1) is 0 Å². The Balaban J connectivity index is 2.08. The zero-order valence-electron chi connectivity index (χ0n) is 14.3. The fourth-order valence-electron chi connectivity index (χ4n) is 3.35. The molecule has 1 aromatic heterocycles. The van der Waals surface area contributed by atoms with Crippen molar-refractivity contribution in [2.45, 2.75) is 72.5 Å². The van der Waals surface area contributed by atoms with Gasteiger partial charge in [-0.25, -0.2) is 4.98 Å². The van der Waals surface area contributed by atoms with Crippen LogP contribution in [0.5, 0.6) is 0 Å². The van der Waals surface area contributed by atoms with E-state index in [2.05, 4.69) is 50.9 Å². The molecule has 1 aromatic rings. The van der Waals surface area contributed by atoms with Crippen molar-refractivity contribution in [3.8, 4) is 0 Å². The van der Waals surface area contributed by atoms with Crippen molar-refractivity contribution >= 4 is 5.82 Å². The van der Waals surface area contributed by atoms with Gasteiger partial charge in [0, 0.05) is 24.8 Å². The summed E-state index contributed by atoms with van der Waals surface area (Å²) in [5.41, 5.74) is 2.60. The maximum absolute atomic E-state index is 4.79. The van der Waals surface area contributed by atoms with Gasteiger partial charge in [-0.3, -0.25) is 0 Å². The molecule has 0 spiro atoms. The van der Waals surface area contributed by atoms with Crippen LogP contribution in [0.25, 0.3) is 0 Å². The van der Waals surface area contributed by atoms with Gasteiger partial charge in [0.2, 0.25) is 0 Å². The van der Waals surface area contributed by atoms with E-state index in [1.165, 1.54) is 36.2 Å². The van der Waals surface area contributed by atoms with Crippen molar-refractivity contribution < 1.29 is 0 Å². The van der Waals surface area contributed by atoms with Crippen LogP contribution in [0.4, 0.5) is 5.82 Å². The van der Waals surface area contributed by atoms with Crippen LogP contribution >= 0.6 is 0 Å². The second-order valence-corrected chi connectivity index (χ2v) is 6.90. The largest absolute Gasteiger partial charge is 0.351 e. The quantitative estimate of drug-likeness (QED) is 0.861. The number of aryl methyl sites for hydroxylation is 1. The molecule has 0 aliphatic carbocycles. The molecule has 0 bridgehead atoms. The molecule has 0 radical (unpaired) electrons. The second-order valence-electron chi connectivity index (χ2n) is 6.90. The highest BCUT2D eigenvalue weighted by Gasteiger charge is 2.31. The Morgan fingerprint density at radius 2 is 2.14 bits per heavy atom. The zero-order chi connectivity index (χ0) is 15.4. The molecule has 2 heterocycles. The van der Waals surface area contributed by atoms with Gasteiger partial charge in [0.1, 0.15) is 5.82 Å². The summed E-state index contributed by atoms with van der Waals surface area (Å²) in [4.78, 5) is 7.33. The molecule has 118 valence electrons. The van der Waals surface area contributed by atoms with Gasteiger partial charge in [-0.1, -0.05) is 20.8 Å². The minimum Gasteiger partial charge on any atom is -0.351 e. The lowest BCUT2D eigenvalue weighted by Crippen LogP contribution is -2.35. The Bertz CT molecular complexity index is 456. The van der Waals surface area contributed by atoms with Gasteiger partial charge in [0.25, 0.3) is 0 Å². The highest BCUT2D eigenvalue weighted by Crippen LogP contribution is 2.32. The number of nitrogens with zero attached hydrogens (tertiary/aromatic N) is 2. The van der Waals surface area contributed by atoms with Gasteiger partial charge in [0.15, 0.2) is 0 Å². The summed E-state index contributed by atoms with van der Waals surface area (Å²) in [5.74, 6) is 1.88. The molecule has 1 aliphatic heterocycles. The lowest BCUT2D eigenvalue weighted by molar-refractivity contribution is 0.551. The average Bonchev–Trinajstić information content (AvgIpc) is 2.80. The summed E-state index contributed by atoms with van der Waals surface area (Å²) in [5, 5.41) is 3.49. The summed E-state index contributed by atoms with van der Waals surface area (Å²) in [6.45, 7) is 13.3. The second kappa shape index (κ2) is 7.26. The molecule has 3 nitrogen and oxygen atoms in total. The minimum atomic E-state index is 0.617. The minimum absolute atomic E-state index is 0.617. The number of rotatable bonds is 6. The fraction of sp³-hybridized carbons (Fsp3) is 0.722. The van der Waals surface area contributed by atoms with Crippen molar-refractivity contribution in [1.82, 2.24) is 10.3 Å². The van der Waals surface area contributed by atoms with Crippen LogP contribution < -0.4 is 10.2 Å². The number of hydrogen-bond acceptors (Lipinski definition) is 3. The molecule has 0 saturated carbocycles. The molecule has 2 unspecified atom stereocenters. The molecular weight excluding hydrogens is 258 g/mol. The van der Waals surface area contributed by atoms with E-state index < -0.39 is 0 Å². The highest BCUT2D eigenvalue weighted by molar-refractivity contribution is 5.50. The summed E-state index contributed by atoms with van der Waals surface area (Å²) in [6.07, 6.45) is 5.85. The summed E-state index contributed by atoms with van der Waals surface area (Å²) >= 11 is 0. The number of nitrogens with one attached hydrogen (secondary N) is 1.